The summed E-state index contributed by atoms with van der Waals surface area (Å²) in [6, 6.07) is 7.26. The van der Waals surface area contributed by atoms with Crippen molar-refractivity contribution in [1.29, 1.82) is 0 Å². The van der Waals surface area contributed by atoms with Crippen molar-refractivity contribution in [3.8, 4) is 0 Å². The van der Waals surface area contributed by atoms with Crippen LogP contribution in [-0.4, -0.2) is 12.5 Å². The third-order valence-electron chi connectivity index (χ3n) is 2.91. The molecule has 1 aliphatic heterocycles. The summed E-state index contributed by atoms with van der Waals surface area (Å²) in [4.78, 5) is 11.5. The maximum atomic E-state index is 11.5. The smallest absolute Gasteiger partial charge is 0.242 e. The lowest BCUT2D eigenvalue weighted by Gasteiger charge is -2.26. The van der Waals surface area contributed by atoms with E-state index in [9.17, 15) is 4.79 Å². The van der Waals surface area contributed by atoms with Crippen LogP contribution in [0.3, 0.4) is 0 Å². The summed E-state index contributed by atoms with van der Waals surface area (Å²) in [6.07, 6.45) is 1.72. The third kappa shape index (κ3) is 1.73. The minimum atomic E-state index is -0.690. The normalized spacial score (nSPS) is 25.4. The second-order valence-electron chi connectivity index (χ2n) is 3.81. The van der Waals surface area contributed by atoms with E-state index < -0.39 is 5.54 Å². The van der Waals surface area contributed by atoms with Gasteiger partial charge in [0.1, 0.15) is 5.54 Å². The van der Waals surface area contributed by atoms with Crippen LogP contribution in [0.15, 0.2) is 24.3 Å². The highest BCUT2D eigenvalue weighted by molar-refractivity contribution is 6.30. The van der Waals surface area contributed by atoms with Crippen LogP contribution >= 0.6 is 11.6 Å². The molecule has 80 valence electrons. The van der Waals surface area contributed by atoms with Crippen LogP contribution in [0.5, 0.6) is 0 Å². The van der Waals surface area contributed by atoms with Crippen molar-refractivity contribution >= 4 is 17.5 Å². The van der Waals surface area contributed by atoms with Gasteiger partial charge < -0.3 is 5.73 Å². The lowest BCUT2D eigenvalue weighted by Crippen LogP contribution is -2.48. The van der Waals surface area contributed by atoms with E-state index in [1.54, 1.807) is 12.1 Å². The van der Waals surface area contributed by atoms with Crippen LogP contribution in [0.1, 0.15) is 18.4 Å². The average Bonchev–Trinajstić information content (AvgIpc) is 2.69. The largest absolute Gasteiger partial charge is 0.368 e. The van der Waals surface area contributed by atoms with Crippen LogP contribution < -0.4 is 11.1 Å². The van der Waals surface area contributed by atoms with Crippen LogP contribution in [0, 0.1) is 0 Å². The third-order valence-corrected chi connectivity index (χ3v) is 3.16. The van der Waals surface area contributed by atoms with Crippen LogP contribution in [-0.2, 0) is 10.3 Å². The molecule has 1 fully saturated rings. The minimum Gasteiger partial charge on any atom is -0.368 e. The molecule has 0 aliphatic carbocycles. The summed E-state index contributed by atoms with van der Waals surface area (Å²) in [7, 11) is 0. The molecule has 0 bridgehead atoms. The zero-order valence-corrected chi connectivity index (χ0v) is 9.05. The zero-order chi connectivity index (χ0) is 10.9. The van der Waals surface area contributed by atoms with Gasteiger partial charge in [-0.1, -0.05) is 23.7 Å². The van der Waals surface area contributed by atoms with Gasteiger partial charge in [-0.2, -0.15) is 0 Å². The van der Waals surface area contributed by atoms with Gasteiger partial charge in [-0.15, -0.1) is 0 Å². The fraction of sp³-hybridized carbons (Fsp3) is 0.364. The number of hydrogen-bond donors (Lipinski definition) is 2. The second kappa shape index (κ2) is 3.83. The number of primary amides is 1. The molecule has 3 N–H and O–H groups in total. The van der Waals surface area contributed by atoms with E-state index in [1.165, 1.54) is 0 Å². The molecule has 2 rings (SSSR count). The van der Waals surface area contributed by atoms with Gasteiger partial charge in [-0.3, -0.25) is 10.1 Å². The Labute approximate surface area is 93.6 Å². The molecule has 1 heterocycles. The molecule has 15 heavy (non-hydrogen) atoms. The summed E-state index contributed by atoms with van der Waals surface area (Å²) in [6.45, 7) is 0.825. The molecule has 0 radical (unpaired) electrons. The van der Waals surface area contributed by atoms with Gasteiger partial charge in [0.25, 0.3) is 0 Å². The Hall–Kier alpha value is -1.06. The van der Waals surface area contributed by atoms with E-state index in [4.69, 9.17) is 17.3 Å². The summed E-state index contributed by atoms with van der Waals surface area (Å²) in [5.41, 5.74) is 5.68. The first kappa shape index (κ1) is 10.5. The quantitative estimate of drug-likeness (QED) is 0.798. The van der Waals surface area contributed by atoms with Gasteiger partial charge in [0.05, 0.1) is 0 Å². The predicted octanol–water partition coefficient (Wildman–Crippen LogP) is 1.40. The Kier molecular flexibility index (Phi) is 2.67. The SMILES string of the molecule is NC(=O)[C@@]1(c2ccc(Cl)cc2)CCCN1. The van der Waals surface area contributed by atoms with Crippen LogP contribution in [0.25, 0.3) is 0 Å². The van der Waals surface area contributed by atoms with Crippen molar-refractivity contribution in [2.45, 2.75) is 18.4 Å². The maximum Gasteiger partial charge on any atom is 0.242 e. The molecular formula is C11H13ClN2O. The fourth-order valence-corrected chi connectivity index (χ4v) is 2.20. The predicted molar refractivity (Wildman–Crippen MR) is 59.6 cm³/mol. The number of carbonyl (C=O) groups excluding carboxylic acids is 1. The van der Waals surface area contributed by atoms with Gasteiger partial charge >= 0.3 is 0 Å². The molecule has 1 atom stereocenters. The molecular weight excluding hydrogens is 212 g/mol. The average molecular weight is 225 g/mol. The summed E-state index contributed by atoms with van der Waals surface area (Å²) in [5, 5.41) is 3.85. The van der Waals surface area contributed by atoms with E-state index in [0.717, 1.165) is 24.9 Å². The molecule has 3 nitrogen and oxygen atoms in total. The zero-order valence-electron chi connectivity index (χ0n) is 8.29. The van der Waals surface area contributed by atoms with Crippen molar-refractivity contribution in [2.24, 2.45) is 5.73 Å². The lowest BCUT2D eigenvalue weighted by molar-refractivity contribution is -0.124. The van der Waals surface area contributed by atoms with Gasteiger partial charge in [0, 0.05) is 5.02 Å². The molecule has 1 aromatic rings. The molecule has 1 aliphatic rings. The van der Waals surface area contributed by atoms with E-state index in [1.807, 2.05) is 12.1 Å². The Morgan fingerprint density at radius 1 is 1.40 bits per heavy atom. The summed E-state index contributed by atoms with van der Waals surface area (Å²) in [5.74, 6) is -0.317. The first-order valence-corrected chi connectivity index (χ1v) is 5.34. The van der Waals surface area contributed by atoms with Crippen molar-refractivity contribution in [2.75, 3.05) is 6.54 Å². The highest BCUT2D eigenvalue weighted by Gasteiger charge is 2.40. The molecule has 1 saturated heterocycles. The number of nitrogens with two attached hydrogens (primary N) is 1. The Bertz CT molecular complexity index is 369. The summed E-state index contributed by atoms with van der Waals surface area (Å²) >= 11 is 5.81. The van der Waals surface area contributed by atoms with E-state index in [-0.39, 0.29) is 5.91 Å². The number of halogens is 1. The van der Waals surface area contributed by atoms with Crippen molar-refractivity contribution in [3.05, 3.63) is 34.9 Å². The maximum absolute atomic E-state index is 11.5. The molecule has 0 unspecified atom stereocenters. The lowest BCUT2D eigenvalue weighted by atomic mass is 9.88. The standard InChI is InChI=1S/C11H13ClN2O/c12-9-4-2-8(3-5-9)11(10(13)15)6-1-7-14-11/h2-5,14H,1,6-7H2,(H2,13,15)/t11-/m0/s1. The Balaban J connectivity index is 2.41. The fourth-order valence-electron chi connectivity index (χ4n) is 2.08. The van der Waals surface area contributed by atoms with Gasteiger partial charge in [-0.05, 0) is 37.1 Å². The van der Waals surface area contributed by atoms with Crippen molar-refractivity contribution < 1.29 is 4.79 Å². The van der Waals surface area contributed by atoms with E-state index in [2.05, 4.69) is 5.32 Å². The van der Waals surface area contributed by atoms with E-state index >= 15 is 0 Å². The number of benzene rings is 1. The summed E-state index contributed by atoms with van der Waals surface area (Å²) < 4.78 is 0. The van der Waals surface area contributed by atoms with Crippen LogP contribution in [0.4, 0.5) is 0 Å². The van der Waals surface area contributed by atoms with Gasteiger partial charge in [0.15, 0.2) is 0 Å². The monoisotopic (exact) mass is 224 g/mol. The molecule has 0 spiro atoms. The number of hydrogen-bond acceptors (Lipinski definition) is 2. The Morgan fingerprint density at radius 2 is 2.07 bits per heavy atom. The second-order valence-corrected chi connectivity index (χ2v) is 4.24. The van der Waals surface area contributed by atoms with E-state index in [0.29, 0.717) is 5.02 Å². The molecule has 4 heteroatoms. The highest BCUT2D eigenvalue weighted by atomic mass is 35.5. The van der Waals surface area contributed by atoms with Crippen molar-refractivity contribution in [1.82, 2.24) is 5.32 Å². The molecule has 0 saturated carbocycles. The van der Waals surface area contributed by atoms with Crippen LogP contribution in [0.2, 0.25) is 5.02 Å². The number of carbonyl (C=O) groups is 1. The number of nitrogens with one attached hydrogen (secondary N) is 1. The highest BCUT2D eigenvalue weighted by Crippen LogP contribution is 2.31. The van der Waals surface area contributed by atoms with Gasteiger partial charge in [-0.25, -0.2) is 0 Å². The Morgan fingerprint density at radius 3 is 2.53 bits per heavy atom. The van der Waals surface area contributed by atoms with Crippen molar-refractivity contribution in [3.63, 3.8) is 0 Å². The molecule has 1 aromatic carbocycles. The number of amides is 1. The minimum absolute atomic E-state index is 0.317. The number of rotatable bonds is 2. The van der Waals surface area contributed by atoms with Gasteiger partial charge in [0.2, 0.25) is 5.91 Å². The topological polar surface area (TPSA) is 55.1 Å². The first-order valence-electron chi connectivity index (χ1n) is 4.96. The first-order chi connectivity index (χ1) is 7.15. The molecule has 1 amide bonds. The molecule has 0 aromatic heterocycles.